The first-order valence-corrected chi connectivity index (χ1v) is 6.98. The van der Waals surface area contributed by atoms with Crippen LogP contribution in [0.15, 0.2) is 4.99 Å². The molecule has 5 nitrogen and oxygen atoms in total. The fraction of sp³-hybridized carbons (Fsp3) is 0.923. The fourth-order valence-electron chi connectivity index (χ4n) is 1.76. The van der Waals surface area contributed by atoms with Gasteiger partial charge in [-0.3, -0.25) is 4.99 Å². The van der Waals surface area contributed by atoms with Crippen LogP contribution in [-0.2, 0) is 9.47 Å². The Morgan fingerprint density at radius 3 is 2.79 bits per heavy atom. The molecule has 1 fully saturated rings. The van der Waals surface area contributed by atoms with Crippen LogP contribution in [0.1, 0.15) is 39.5 Å². The lowest BCUT2D eigenvalue weighted by Gasteiger charge is -2.22. The van der Waals surface area contributed by atoms with E-state index in [1.54, 1.807) is 0 Å². The predicted octanol–water partition coefficient (Wildman–Crippen LogP) is 1.89. The van der Waals surface area contributed by atoms with Gasteiger partial charge >= 0.3 is 0 Å². The van der Waals surface area contributed by atoms with Gasteiger partial charge in [0.25, 0.3) is 0 Å². The highest BCUT2D eigenvalue weighted by Crippen LogP contribution is 2.10. The minimum absolute atomic E-state index is 0. The molecule has 0 radical (unpaired) electrons. The summed E-state index contributed by atoms with van der Waals surface area (Å²) in [6.45, 7) is 7.34. The largest absolute Gasteiger partial charge is 0.381 e. The molecule has 0 bridgehead atoms. The van der Waals surface area contributed by atoms with Gasteiger partial charge in [0.2, 0.25) is 0 Å². The van der Waals surface area contributed by atoms with E-state index in [4.69, 9.17) is 15.2 Å². The van der Waals surface area contributed by atoms with Gasteiger partial charge in [-0.2, -0.15) is 0 Å². The van der Waals surface area contributed by atoms with Gasteiger partial charge in [0.05, 0.1) is 6.10 Å². The van der Waals surface area contributed by atoms with Crippen molar-refractivity contribution < 1.29 is 9.47 Å². The van der Waals surface area contributed by atoms with E-state index in [1.807, 2.05) is 0 Å². The standard InChI is InChI=1S/C13H27N3O2.HI/c1-3-11(2)16-13(14)15-7-4-8-18-12-5-9-17-10-6-12;/h11-12H,3-10H2,1-2H3,(H3,14,15,16);1H. The summed E-state index contributed by atoms with van der Waals surface area (Å²) in [6.07, 6.45) is 4.36. The minimum Gasteiger partial charge on any atom is -0.381 e. The van der Waals surface area contributed by atoms with Gasteiger partial charge in [-0.05, 0) is 32.6 Å². The molecule has 0 saturated carbocycles. The smallest absolute Gasteiger partial charge is 0.188 e. The molecule has 1 saturated heterocycles. The molecule has 0 aliphatic carbocycles. The maximum Gasteiger partial charge on any atom is 0.188 e. The molecule has 0 amide bonds. The number of guanidine groups is 1. The van der Waals surface area contributed by atoms with Crippen LogP contribution in [0.25, 0.3) is 0 Å². The molecule has 0 spiro atoms. The highest BCUT2D eigenvalue weighted by molar-refractivity contribution is 14.0. The van der Waals surface area contributed by atoms with Crippen LogP contribution < -0.4 is 11.1 Å². The van der Waals surface area contributed by atoms with Gasteiger partial charge < -0.3 is 20.5 Å². The van der Waals surface area contributed by atoms with Crippen molar-refractivity contribution in [2.24, 2.45) is 10.7 Å². The van der Waals surface area contributed by atoms with E-state index in [0.717, 1.165) is 52.0 Å². The number of nitrogens with zero attached hydrogens (tertiary/aromatic N) is 1. The van der Waals surface area contributed by atoms with Crippen molar-refractivity contribution in [1.29, 1.82) is 0 Å². The Bertz CT molecular complexity index is 246. The molecule has 0 aromatic carbocycles. The van der Waals surface area contributed by atoms with Crippen molar-refractivity contribution in [2.75, 3.05) is 26.4 Å². The third kappa shape index (κ3) is 9.45. The molecule has 0 aromatic heterocycles. The van der Waals surface area contributed by atoms with Crippen LogP contribution in [0.3, 0.4) is 0 Å². The van der Waals surface area contributed by atoms with E-state index >= 15 is 0 Å². The predicted molar refractivity (Wildman–Crippen MR) is 89.2 cm³/mol. The summed E-state index contributed by atoms with van der Waals surface area (Å²) in [5.74, 6) is 0.537. The first-order valence-electron chi connectivity index (χ1n) is 6.98. The first kappa shape index (κ1) is 18.9. The zero-order valence-electron chi connectivity index (χ0n) is 12.1. The molecule has 1 rings (SSSR count). The lowest BCUT2D eigenvalue weighted by molar-refractivity contribution is -0.0318. The number of hydrogen-bond acceptors (Lipinski definition) is 3. The highest BCUT2D eigenvalue weighted by Gasteiger charge is 2.13. The number of hydrogen-bond donors (Lipinski definition) is 2. The van der Waals surface area contributed by atoms with Gasteiger partial charge in [0, 0.05) is 32.4 Å². The summed E-state index contributed by atoms with van der Waals surface area (Å²) in [7, 11) is 0. The molecule has 1 heterocycles. The Morgan fingerprint density at radius 2 is 2.16 bits per heavy atom. The van der Waals surface area contributed by atoms with Crippen molar-refractivity contribution in [3.05, 3.63) is 0 Å². The third-order valence-corrected chi connectivity index (χ3v) is 3.11. The van der Waals surface area contributed by atoms with Crippen molar-refractivity contribution in [2.45, 2.75) is 51.7 Å². The Morgan fingerprint density at radius 1 is 1.47 bits per heavy atom. The van der Waals surface area contributed by atoms with Crippen LogP contribution in [-0.4, -0.2) is 44.5 Å². The minimum atomic E-state index is 0. The van der Waals surface area contributed by atoms with Gasteiger partial charge in [0.1, 0.15) is 0 Å². The SMILES string of the molecule is CCC(C)NC(N)=NCCCOC1CCOCC1.I. The van der Waals surface area contributed by atoms with Crippen LogP contribution in [0.2, 0.25) is 0 Å². The summed E-state index contributed by atoms with van der Waals surface area (Å²) < 4.78 is 11.0. The molecule has 6 heteroatoms. The molecule has 114 valence electrons. The molecule has 1 aliphatic heterocycles. The van der Waals surface area contributed by atoms with Crippen molar-refractivity contribution in [1.82, 2.24) is 5.32 Å². The summed E-state index contributed by atoms with van der Waals surface area (Å²) in [6, 6.07) is 0.382. The molecule has 19 heavy (non-hydrogen) atoms. The van der Waals surface area contributed by atoms with Crippen LogP contribution in [0.4, 0.5) is 0 Å². The second-order valence-electron chi connectivity index (χ2n) is 4.76. The van der Waals surface area contributed by atoms with E-state index in [9.17, 15) is 0 Å². The number of rotatable bonds is 7. The zero-order chi connectivity index (χ0) is 13.2. The van der Waals surface area contributed by atoms with Gasteiger partial charge in [-0.15, -0.1) is 24.0 Å². The Balaban J connectivity index is 0.00000324. The van der Waals surface area contributed by atoms with E-state index < -0.39 is 0 Å². The number of ether oxygens (including phenoxy) is 2. The third-order valence-electron chi connectivity index (χ3n) is 3.11. The molecular weight excluding hydrogens is 357 g/mol. The molecule has 1 aliphatic rings. The maximum absolute atomic E-state index is 5.76. The van der Waals surface area contributed by atoms with E-state index in [-0.39, 0.29) is 24.0 Å². The monoisotopic (exact) mass is 385 g/mol. The number of halogens is 1. The second-order valence-corrected chi connectivity index (χ2v) is 4.76. The fourth-order valence-corrected chi connectivity index (χ4v) is 1.76. The molecule has 1 unspecified atom stereocenters. The van der Waals surface area contributed by atoms with Crippen molar-refractivity contribution >= 4 is 29.9 Å². The summed E-state index contributed by atoms with van der Waals surface area (Å²) in [4.78, 5) is 4.27. The lowest BCUT2D eigenvalue weighted by atomic mass is 10.1. The van der Waals surface area contributed by atoms with Crippen LogP contribution >= 0.6 is 24.0 Å². The van der Waals surface area contributed by atoms with Gasteiger partial charge in [-0.25, -0.2) is 0 Å². The first-order chi connectivity index (χ1) is 8.72. The second kappa shape index (κ2) is 11.7. The number of nitrogens with one attached hydrogen (secondary N) is 1. The lowest BCUT2D eigenvalue weighted by Crippen LogP contribution is -2.38. The summed E-state index contributed by atoms with van der Waals surface area (Å²) in [5.41, 5.74) is 5.76. The highest BCUT2D eigenvalue weighted by atomic mass is 127. The zero-order valence-corrected chi connectivity index (χ0v) is 14.4. The van der Waals surface area contributed by atoms with Crippen molar-refractivity contribution in [3.63, 3.8) is 0 Å². The van der Waals surface area contributed by atoms with Gasteiger partial charge in [0.15, 0.2) is 5.96 Å². The van der Waals surface area contributed by atoms with E-state index in [0.29, 0.717) is 18.1 Å². The van der Waals surface area contributed by atoms with E-state index in [2.05, 4.69) is 24.2 Å². The van der Waals surface area contributed by atoms with Gasteiger partial charge in [-0.1, -0.05) is 6.92 Å². The Kier molecular flexibility index (Phi) is 11.7. The molecule has 3 N–H and O–H groups in total. The average molecular weight is 385 g/mol. The normalized spacial score (nSPS) is 18.7. The molecule has 0 aromatic rings. The topological polar surface area (TPSA) is 68.9 Å². The summed E-state index contributed by atoms with van der Waals surface area (Å²) in [5, 5.41) is 3.14. The molecular formula is C13H28IN3O2. The average Bonchev–Trinajstić information content (AvgIpc) is 2.39. The quantitative estimate of drug-likeness (QED) is 0.304. The Labute approximate surface area is 133 Å². The number of aliphatic imine (C=N–C) groups is 1. The van der Waals surface area contributed by atoms with Crippen LogP contribution in [0.5, 0.6) is 0 Å². The number of nitrogens with two attached hydrogens (primary N) is 1. The summed E-state index contributed by atoms with van der Waals surface area (Å²) >= 11 is 0. The van der Waals surface area contributed by atoms with Crippen molar-refractivity contribution in [3.8, 4) is 0 Å². The van der Waals surface area contributed by atoms with Crippen LogP contribution in [0, 0.1) is 0 Å². The maximum atomic E-state index is 5.76. The van der Waals surface area contributed by atoms with E-state index in [1.165, 1.54) is 0 Å². The molecule has 1 atom stereocenters. The Hall–Kier alpha value is -0.0800.